The fourth-order valence-electron chi connectivity index (χ4n) is 1.75. The Bertz CT molecular complexity index is 363. The van der Waals surface area contributed by atoms with E-state index < -0.39 is 0 Å². The molecule has 1 fully saturated rings. The molecule has 1 aliphatic heterocycles. The van der Waals surface area contributed by atoms with Gasteiger partial charge in [0.1, 0.15) is 0 Å². The lowest BCUT2D eigenvalue weighted by atomic mass is 10.1. The highest BCUT2D eigenvalue weighted by Crippen LogP contribution is 2.20. The zero-order valence-electron chi connectivity index (χ0n) is 8.15. The first-order chi connectivity index (χ1) is 7.20. The Hall–Kier alpha value is -1.00. The molecule has 15 heavy (non-hydrogen) atoms. The number of amides is 1. The van der Waals surface area contributed by atoms with Crippen LogP contribution in [0.1, 0.15) is 17.0 Å². The summed E-state index contributed by atoms with van der Waals surface area (Å²) < 4.78 is 5.04. The minimum absolute atomic E-state index is 0.128. The molecule has 82 valence electrons. The Kier molecular flexibility index (Phi) is 2.98. The quantitative estimate of drug-likeness (QED) is 0.834. The van der Waals surface area contributed by atoms with Crippen molar-refractivity contribution in [2.75, 3.05) is 19.7 Å². The summed E-state index contributed by atoms with van der Waals surface area (Å²) in [6.45, 7) is 1.39. The van der Waals surface area contributed by atoms with Crippen LogP contribution in [0.25, 0.3) is 0 Å². The van der Waals surface area contributed by atoms with Crippen molar-refractivity contribution >= 4 is 17.5 Å². The van der Waals surface area contributed by atoms with Crippen LogP contribution in [0.4, 0.5) is 0 Å². The van der Waals surface area contributed by atoms with Crippen molar-refractivity contribution in [1.82, 2.24) is 4.90 Å². The van der Waals surface area contributed by atoms with E-state index in [-0.39, 0.29) is 29.4 Å². The molecule has 4 nitrogen and oxygen atoms in total. The zero-order valence-corrected chi connectivity index (χ0v) is 8.91. The van der Waals surface area contributed by atoms with Crippen molar-refractivity contribution in [1.29, 1.82) is 0 Å². The topological polar surface area (TPSA) is 53.7 Å². The fourth-order valence-corrected chi connectivity index (χ4v) is 1.90. The van der Waals surface area contributed by atoms with Gasteiger partial charge >= 0.3 is 0 Å². The first-order valence-electron chi connectivity index (χ1n) is 4.86. The molecule has 1 N–H and O–H groups in total. The molecule has 0 bridgehead atoms. The average Bonchev–Trinajstić information content (AvgIpc) is 2.84. The Morgan fingerprint density at radius 3 is 3.00 bits per heavy atom. The van der Waals surface area contributed by atoms with Crippen LogP contribution in [-0.2, 0) is 0 Å². The molecule has 1 atom stereocenters. The number of carbonyl (C=O) groups excluding carboxylic acids is 1. The number of aliphatic hydroxyl groups is 1. The van der Waals surface area contributed by atoms with Crippen LogP contribution in [0, 0.1) is 5.92 Å². The molecule has 0 aromatic carbocycles. The molecule has 1 amide bonds. The van der Waals surface area contributed by atoms with E-state index in [0.29, 0.717) is 13.1 Å². The van der Waals surface area contributed by atoms with Crippen molar-refractivity contribution in [3.05, 3.63) is 23.1 Å². The SMILES string of the molecule is O=C(c1ccc(Cl)o1)N1CCC(CO)C1. The molecule has 0 aliphatic carbocycles. The Balaban J connectivity index is 2.03. The minimum atomic E-state index is -0.155. The summed E-state index contributed by atoms with van der Waals surface area (Å²) in [5.41, 5.74) is 0. The smallest absolute Gasteiger partial charge is 0.289 e. The number of likely N-dealkylation sites (tertiary alicyclic amines) is 1. The molecule has 1 saturated heterocycles. The average molecular weight is 230 g/mol. The second-order valence-electron chi connectivity index (χ2n) is 3.69. The number of rotatable bonds is 2. The van der Waals surface area contributed by atoms with Crippen LogP contribution in [0.5, 0.6) is 0 Å². The maximum atomic E-state index is 11.8. The van der Waals surface area contributed by atoms with Crippen molar-refractivity contribution in [2.45, 2.75) is 6.42 Å². The predicted octanol–water partition coefficient (Wildman–Crippen LogP) is 1.39. The van der Waals surface area contributed by atoms with Gasteiger partial charge in [-0.1, -0.05) is 0 Å². The fraction of sp³-hybridized carbons (Fsp3) is 0.500. The summed E-state index contributed by atoms with van der Waals surface area (Å²) in [5, 5.41) is 9.18. The minimum Gasteiger partial charge on any atom is -0.440 e. The van der Waals surface area contributed by atoms with Gasteiger partial charge < -0.3 is 14.4 Å². The van der Waals surface area contributed by atoms with Crippen molar-refractivity contribution in [2.24, 2.45) is 5.92 Å². The number of furan rings is 1. The van der Waals surface area contributed by atoms with E-state index in [2.05, 4.69) is 0 Å². The number of hydrogen-bond donors (Lipinski definition) is 1. The molecule has 0 saturated carbocycles. The van der Waals surface area contributed by atoms with Gasteiger partial charge in [0.15, 0.2) is 11.0 Å². The maximum Gasteiger partial charge on any atom is 0.289 e. The molecule has 1 aromatic rings. The van der Waals surface area contributed by atoms with Gasteiger partial charge in [0, 0.05) is 25.6 Å². The molecule has 2 heterocycles. The summed E-state index contributed by atoms with van der Waals surface area (Å²) in [5.74, 6) is 0.302. The summed E-state index contributed by atoms with van der Waals surface area (Å²) in [6.07, 6.45) is 0.844. The summed E-state index contributed by atoms with van der Waals surface area (Å²) >= 11 is 5.59. The van der Waals surface area contributed by atoms with E-state index in [1.54, 1.807) is 17.0 Å². The second kappa shape index (κ2) is 4.24. The summed E-state index contributed by atoms with van der Waals surface area (Å²) in [6, 6.07) is 3.12. The Labute approximate surface area is 92.4 Å². The van der Waals surface area contributed by atoms with Crippen LogP contribution < -0.4 is 0 Å². The molecule has 1 aromatic heterocycles. The van der Waals surface area contributed by atoms with Crippen LogP contribution in [-0.4, -0.2) is 35.6 Å². The molecule has 1 aliphatic rings. The lowest BCUT2D eigenvalue weighted by Gasteiger charge is -2.13. The normalized spacial score (nSPS) is 20.9. The molecule has 0 spiro atoms. The van der Waals surface area contributed by atoms with Gasteiger partial charge in [-0.15, -0.1) is 0 Å². The van der Waals surface area contributed by atoms with Gasteiger partial charge in [0.05, 0.1) is 0 Å². The number of halogens is 1. The maximum absolute atomic E-state index is 11.8. The van der Waals surface area contributed by atoms with Crippen LogP contribution in [0.15, 0.2) is 16.5 Å². The standard InChI is InChI=1S/C10H12ClNO3/c11-9-2-1-8(15-9)10(14)12-4-3-7(5-12)6-13/h1-2,7,13H,3-6H2. The molecule has 0 radical (unpaired) electrons. The predicted molar refractivity (Wildman–Crippen MR) is 54.8 cm³/mol. The first kappa shape index (κ1) is 10.5. The summed E-state index contributed by atoms with van der Waals surface area (Å²) in [4.78, 5) is 13.5. The Morgan fingerprint density at radius 2 is 2.47 bits per heavy atom. The third-order valence-corrected chi connectivity index (χ3v) is 2.82. The van der Waals surface area contributed by atoms with E-state index in [1.807, 2.05) is 0 Å². The largest absolute Gasteiger partial charge is 0.440 e. The monoisotopic (exact) mass is 229 g/mol. The van der Waals surface area contributed by atoms with E-state index in [1.165, 1.54) is 0 Å². The molecular formula is C10H12ClNO3. The van der Waals surface area contributed by atoms with E-state index in [0.717, 1.165) is 6.42 Å². The Morgan fingerprint density at radius 1 is 1.67 bits per heavy atom. The van der Waals surface area contributed by atoms with Gasteiger partial charge in [-0.3, -0.25) is 4.79 Å². The zero-order chi connectivity index (χ0) is 10.8. The number of hydrogen-bond acceptors (Lipinski definition) is 3. The van der Waals surface area contributed by atoms with Crippen LogP contribution in [0.2, 0.25) is 5.22 Å². The molecule has 1 unspecified atom stereocenters. The van der Waals surface area contributed by atoms with Crippen molar-refractivity contribution in [3.8, 4) is 0 Å². The lowest BCUT2D eigenvalue weighted by Crippen LogP contribution is -2.28. The first-order valence-corrected chi connectivity index (χ1v) is 5.24. The highest BCUT2D eigenvalue weighted by Gasteiger charge is 2.27. The molecule has 2 rings (SSSR count). The number of aliphatic hydroxyl groups excluding tert-OH is 1. The highest BCUT2D eigenvalue weighted by atomic mass is 35.5. The van der Waals surface area contributed by atoms with Crippen LogP contribution in [0.3, 0.4) is 0 Å². The number of nitrogens with zero attached hydrogens (tertiary/aromatic N) is 1. The number of carbonyl (C=O) groups is 1. The summed E-state index contributed by atoms with van der Waals surface area (Å²) in [7, 11) is 0. The van der Waals surface area contributed by atoms with Gasteiger partial charge in [0.2, 0.25) is 0 Å². The van der Waals surface area contributed by atoms with Gasteiger partial charge in [-0.05, 0) is 30.2 Å². The van der Waals surface area contributed by atoms with E-state index in [9.17, 15) is 4.79 Å². The molecular weight excluding hydrogens is 218 g/mol. The van der Waals surface area contributed by atoms with E-state index in [4.69, 9.17) is 21.1 Å². The third-order valence-electron chi connectivity index (χ3n) is 2.62. The van der Waals surface area contributed by atoms with Crippen LogP contribution >= 0.6 is 11.6 Å². The third kappa shape index (κ3) is 2.16. The molecule has 5 heteroatoms. The second-order valence-corrected chi connectivity index (χ2v) is 4.06. The van der Waals surface area contributed by atoms with Crippen molar-refractivity contribution < 1.29 is 14.3 Å². The highest BCUT2D eigenvalue weighted by molar-refractivity contribution is 6.29. The van der Waals surface area contributed by atoms with Crippen molar-refractivity contribution in [3.63, 3.8) is 0 Å². The van der Waals surface area contributed by atoms with Gasteiger partial charge in [-0.25, -0.2) is 0 Å². The lowest BCUT2D eigenvalue weighted by molar-refractivity contribution is 0.0750. The van der Waals surface area contributed by atoms with Gasteiger partial charge in [-0.2, -0.15) is 0 Å². The van der Waals surface area contributed by atoms with Gasteiger partial charge in [0.25, 0.3) is 5.91 Å². The van der Waals surface area contributed by atoms with E-state index >= 15 is 0 Å².